The molecular weight excluding hydrogens is 397 g/mol. The van der Waals surface area contributed by atoms with Crippen molar-refractivity contribution in [3.05, 3.63) is 87.7 Å². The lowest BCUT2D eigenvalue weighted by Gasteiger charge is -2.15. The highest BCUT2D eigenvalue weighted by Gasteiger charge is 2.23. The van der Waals surface area contributed by atoms with Gasteiger partial charge in [0.2, 0.25) is 5.91 Å². The monoisotopic (exact) mass is 419 g/mol. The molecule has 2 aromatic carbocycles. The number of halogens is 1. The molecule has 7 nitrogen and oxygen atoms in total. The Hall–Kier alpha value is -3.81. The Morgan fingerprint density at radius 1 is 1.06 bits per heavy atom. The summed E-state index contributed by atoms with van der Waals surface area (Å²) in [5, 5.41) is 12.2. The summed E-state index contributed by atoms with van der Waals surface area (Å²) in [5.74, 6) is -0.833. The first-order valence-corrected chi connectivity index (χ1v) is 9.93. The van der Waals surface area contributed by atoms with Gasteiger partial charge in [-0.2, -0.15) is 10.2 Å². The van der Waals surface area contributed by atoms with E-state index in [9.17, 15) is 14.0 Å². The molecule has 1 N–H and O–H groups in total. The number of hydrogen-bond donors (Lipinski definition) is 1. The van der Waals surface area contributed by atoms with Gasteiger partial charge in [0.05, 0.1) is 22.5 Å². The molecule has 31 heavy (non-hydrogen) atoms. The summed E-state index contributed by atoms with van der Waals surface area (Å²) in [5.41, 5.74) is 2.40. The van der Waals surface area contributed by atoms with Crippen LogP contribution in [0.2, 0.25) is 0 Å². The van der Waals surface area contributed by atoms with Gasteiger partial charge in [-0.1, -0.05) is 36.4 Å². The fourth-order valence-corrected chi connectivity index (χ4v) is 3.62. The van der Waals surface area contributed by atoms with Gasteiger partial charge in [-0.3, -0.25) is 9.59 Å². The van der Waals surface area contributed by atoms with E-state index in [-0.39, 0.29) is 12.1 Å². The maximum Gasteiger partial charge on any atom is 0.295 e. The summed E-state index contributed by atoms with van der Waals surface area (Å²) < 4.78 is 16.6. The zero-order chi connectivity index (χ0) is 22.1. The zero-order valence-corrected chi connectivity index (χ0v) is 17.5. The average molecular weight is 419 g/mol. The second-order valence-electron chi connectivity index (χ2n) is 7.38. The second-order valence-corrected chi connectivity index (χ2v) is 7.38. The van der Waals surface area contributed by atoms with E-state index >= 15 is 0 Å². The third-order valence-electron chi connectivity index (χ3n) is 5.30. The van der Waals surface area contributed by atoms with Crippen LogP contribution in [0.25, 0.3) is 16.6 Å². The summed E-state index contributed by atoms with van der Waals surface area (Å²) in [4.78, 5) is 25.8. The van der Waals surface area contributed by atoms with Gasteiger partial charge in [0.15, 0.2) is 5.52 Å². The van der Waals surface area contributed by atoms with E-state index in [0.717, 1.165) is 16.1 Å². The first kappa shape index (κ1) is 20.5. The van der Waals surface area contributed by atoms with Crippen molar-refractivity contribution in [3.8, 4) is 5.69 Å². The lowest BCUT2D eigenvalue weighted by atomic mass is 10.2. The van der Waals surface area contributed by atoms with E-state index in [1.165, 1.54) is 6.07 Å². The molecular formula is C23H22FN5O2. The van der Waals surface area contributed by atoms with Crippen molar-refractivity contribution in [2.75, 3.05) is 0 Å². The first-order chi connectivity index (χ1) is 14.9. The molecule has 2 aromatic heterocycles. The van der Waals surface area contributed by atoms with Gasteiger partial charge in [0.25, 0.3) is 5.56 Å². The second kappa shape index (κ2) is 8.14. The van der Waals surface area contributed by atoms with Gasteiger partial charge in [-0.15, -0.1) is 0 Å². The number of amides is 1. The van der Waals surface area contributed by atoms with Crippen LogP contribution in [0, 0.1) is 19.7 Å². The number of hydrogen-bond acceptors (Lipinski definition) is 4. The molecule has 0 unspecified atom stereocenters. The fraction of sp³-hybridized carbons (Fsp3) is 0.217. The molecule has 0 aliphatic carbocycles. The SMILES string of the molecule is Cc1nn([C@@H](C)C(=O)NCc2ccccc2F)c(=O)c2nn(-c3ccccc3)c(C)c12. The smallest absolute Gasteiger partial charge is 0.295 e. The molecule has 0 aliphatic heterocycles. The maximum atomic E-state index is 13.8. The third-order valence-corrected chi connectivity index (χ3v) is 5.30. The third kappa shape index (κ3) is 3.72. The number of nitrogens with one attached hydrogen (secondary N) is 1. The minimum Gasteiger partial charge on any atom is -0.350 e. The molecule has 0 aliphatic rings. The predicted octanol–water partition coefficient (Wildman–Crippen LogP) is 3.22. The van der Waals surface area contributed by atoms with Gasteiger partial charge >= 0.3 is 0 Å². The Morgan fingerprint density at radius 3 is 2.45 bits per heavy atom. The Bertz CT molecular complexity index is 1330. The van der Waals surface area contributed by atoms with Crippen LogP contribution in [0.3, 0.4) is 0 Å². The number of aryl methyl sites for hydroxylation is 2. The van der Waals surface area contributed by atoms with Gasteiger partial charge in [0, 0.05) is 12.1 Å². The number of fused-ring (bicyclic) bond motifs is 1. The van der Waals surface area contributed by atoms with Crippen LogP contribution >= 0.6 is 0 Å². The van der Waals surface area contributed by atoms with Crippen molar-refractivity contribution in [1.82, 2.24) is 24.9 Å². The lowest BCUT2D eigenvalue weighted by molar-refractivity contribution is -0.124. The topological polar surface area (TPSA) is 81.8 Å². The molecule has 0 fully saturated rings. The molecule has 1 amide bonds. The number of aromatic nitrogens is 4. The highest BCUT2D eigenvalue weighted by Crippen LogP contribution is 2.21. The normalized spacial score (nSPS) is 12.1. The number of carbonyl (C=O) groups excluding carboxylic acids is 1. The molecule has 0 spiro atoms. The summed E-state index contributed by atoms with van der Waals surface area (Å²) in [6, 6.07) is 14.8. The van der Waals surface area contributed by atoms with E-state index in [2.05, 4.69) is 15.5 Å². The van der Waals surface area contributed by atoms with E-state index in [1.54, 1.807) is 36.7 Å². The molecule has 158 valence electrons. The molecule has 0 radical (unpaired) electrons. The Kier molecular flexibility index (Phi) is 5.37. The molecule has 4 rings (SSSR count). The van der Waals surface area contributed by atoms with E-state index in [4.69, 9.17) is 0 Å². The minimum absolute atomic E-state index is 0.0214. The Labute approximate surface area is 178 Å². The lowest BCUT2D eigenvalue weighted by Crippen LogP contribution is -2.37. The molecule has 1 atom stereocenters. The van der Waals surface area contributed by atoms with Gasteiger partial charge in [0.1, 0.15) is 11.9 Å². The number of rotatable bonds is 5. The van der Waals surface area contributed by atoms with Crippen LogP contribution in [-0.2, 0) is 11.3 Å². The van der Waals surface area contributed by atoms with Crippen molar-refractivity contribution in [2.24, 2.45) is 0 Å². The number of para-hydroxylation sites is 1. The van der Waals surface area contributed by atoms with Crippen LogP contribution in [0.15, 0.2) is 59.4 Å². The van der Waals surface area contributed by atoms with Crippen molar-refractivity contribution >= 4 is 16.8 Å². The number of benzene rings is 2. The maximum absolute atomic E-state index is 13.8. The fourth-order valence-electron chi connectivity index (χ4n) is 3.62. The Morgan fingerprint density at radius 2 is 1.74 bits per heavy atom. The molecule has 4 aromatic rings. The van der Waals surface area contributed by atoms with Crippen molar-refractivity contribution in [1.29, 1.82) is 0 Å². The molecule has 0 saturated heterocycles. The van der Waals surface area contributed by atoms with Crippen molar-refractivity contribution < 1.29 is 9.18 Å². The van der Waals surface area contributed by atoms with E-state index < -0.39 is 23.3 Å². The quantitative estimate of drug-likeness (QED) is 0.539. The van der Waals surface area contributed by atoms with Gasteiger partial charge < -0.3 is 5.32 Å². The molecule has 8 heteroatoms. The molecule has 0 saturated carbocycles. The summed E-state index contributed by atoms with van der Waals surface area (Å²) in [7, 11) is 0. The van der Waals surface area contributed by atoms with Crippen molar-refractivity contribution in [2.45, 2.75) is 33.4 Å². The summed E-state index contributed by atoms with van der Waals surface area (Å²) in [6.07, 6.45) is 0. The standard InChI is InChI=1S/C23H22FN5O2/c1-14-20-15(2)28(18-10-5-4-6-11-18)27-21(20)23(31)29(26-14)16(3)22(30)25-13-17-9-7-8-12-19(17)24/h4-12,16H,13H2,1-3H3,(H,25,30)/t16-/m0/s1. The number of nitrogens with zero attached hydrogens (tertiary/aromatic N) is 4. The van der Waals surface area contributed by atoms with Crippen LogP contribution in [0.4, 0.5) is 4.39 Å². The highest BCUT2D eigenvalue weighted by molar-refractivity contribution is 5.84. The predicted molar refractivity (Wildman–Crippen MR) is 116 cm³/mol. The van der Waals surface area contributed by atoms with E-state index in [0.29, 0.717) is 16.6 Å². The summed E-state index contributed by atoms with van der Waals surface area (Å²) >= 11 is 0. The van der Waals surface area contributed by atoms with E-state index in [1.807, 2.05) is 37.3 Å². The zero-order valence-electron chi connectivity index (χ0n) is 17.5. The Balaban J connectivity index is 1.68. The number of carbonyl (C=O) groups is 1. The average Bonchev–Trinajstić information content (AvgIpc) is 3.13. The van der Waals surface area contributed by atoms with Gasteiger partial charge in [-0.25, -0.2) is 13.8 Å². The van der Waals surface area contributed by atoms with Crippen LogP contribution in [0.1, 0.15) is 29.9 Å². The molecule has 0 bridgehead atoms. The summed E-state index contributed by atoms with van der Waals surface area (Å²) in [6.45, 7) is 5.27. The highest BCUT2D eigenvalue weighted by atomic mass is 19.1. The van der Waals surface area contributed by atoms with Crippen LogP contribution in [0.5, 0.6) is 0 Å². The van der Waals surface area contributed by atoms with Gasteiger partial charge in [-0.05, 0) is 39.0 Å². The van der Waals surface area contributed by atoms with Crippen LogP contribution in [-0.4, -0.2) is 25.5 Å². The largest absolute Gasteiger partial charge is 0.350 e. The van der Waals surface area contributed by atoms with Crippen LogP contribution < -0.4 is 10.9 Å². The molecule has 2 heterocycles. The minimum atomic E-state index is -0.885. The van der Waals surface area contributed by atoms with Crippen molar-refractivity contribution in [3.63, 3.8) is 0 Å². The first-order valence-electron chi connectivity index (χ1n) is 9.93.